The van der Waals surface area contributed by atoms with E-state index in [1.165, 1.54) is 38.5 Å². The van der Waals surface area contributed by atoms with E-state index < -0.39 is 0 Å². The molecule has 0 heterocycles. The second-order valence-electron chi connectivity index (χ2n) is 5.18. The van der Waals surface area contributed by atoms with Gasteiger partial charge in [-0.2, -0.15) is 0 Å². The summed E-state index contributed by atoms with van der Waals surface area (Å²) in [4.78, 5) is 0. The van der Waals surface area contributed by atoms with Crippen molar-refractivity contribution in [3.63, 3.8) is 0 Å². The Bertz CT molecular complexity index is 167. The zero-order chi connectivity index (χ0) is 8.18. The minimum absolute atomic E-state index is 0.107. The molecule has 0 saturated heterocycles. The van der Waals surface area contributed by atoms with Crippen LogP contribution in [0.25, 0.3) is 0 Å². The molecular weight excluding hydrogens is 172 g/mol. The van der Waals surface area contributed by atoms with Gasteiger partial charge in [0.05, 0.1) is 17.5 Å². The first-order valence-corrected chi connectivity index (χ1v) is 5.40. The molecule has 0 aromatic rings. The molecule has 1 nitrogen and oxygen atoms in total. The van der Waals surface area contributed by atoms with Crippen molar-refractivity contribution in [3.8, 4) is 0 Å². The van der Waals surface area contributed by atoms with E-state index >= 15 is 0 Å². The lowest BCUT2D eigenvalue weighted by Crippen LogP contribution is -2.50. The van der Waals surface area contributed by atoms with E-state index in [1.54, 1.807) is 0 Å². The topological polar surface area (TPSA) is 9.23 Å². The zero-order valence-electron chi connectivity index (χ0n) is 7.26. The van der Waals surface area contributed by atoms with E-state index in [9.17, 15) is 0 Å². The molecular formula is C10H15ClO. The first-order valence-electron chi connectivity index (χ1n) is 5.09. The SMILES string of the molecule is ClOC12CC3CC(CC(C3)C1)C2. The summed E-state index contributed by atoms with van der Waals surface area (Å²) >= 11 is 5.62. The highest BCUT2D eigenvalue weighted by molar-refractivity contribution is 6.07. The van der Waals surface area contributed by atoms with Crippen LogP contribution in [0.15, 0.2) is 0 Å². The van der Waals surface area contributed by atoms with Gasteiger partial charge in [0.15, 0.2) is 0 Å². The molecule has 68 valence electrons. The normalized spacial score (nSPS) is 56.2. The van der Waals surface area contributed by atoms with Crippen molar-refractivity contribution >= 4 is 11.9 Å². The molecule has 0 aromatic carbocycles. The second-order valence-corrected chi connectivity index (χ2v) is 5.33. The quantitative estimate of drug-likeness (QED) is 0.612. The maximum absolute atomic E-state index is 5.62. The minimum atomic E-state index is 0.107. The molecule has 4 saturated carbocycles. The monoisotopic (exact) mass is 186 g/mol. The lowest BCUT2D eigenvalue weighted by atomic mass is 9.54. The van der Waals surface area contributed by atoms with E-state index in [4.69, 9.17) is 16.2 Å². The standard InChI is InChI=1S/C10H15ClO/c11-12-10-4-7-1-8(5-10)3-9(2-7)6-10/h7-9H,1-6H2. The van der Waals surface area contributed by atoms with Gasteiger partial charge in [0.1, 0.15) is 0 Å². The van der Waals surface area contributed by atoms with Gasteiger partial charge in [-0.3, -0.25) is 4.29 Å². The summed E-state index contributed by atoms with van der Waals surface area (Å²) in [5.41, 5.74) is 0.107. The predicted molar refractivity (Wildman–Crippen MR) is 47.8 cm³/mol. The van der Waals surface area contributed by atoms with Gasteiger partial charge < -0.3 is 0 Å². The molecule has 0 atom stereocenters. The van der Waals surface area contributed by atoms with Crippen LogP contribution >= 0.6 is 11.9 Å². The predicted octanol–water partition coefficient (Wildman–Crippen LogP) is 3.13. The summed E-state index contributed by atoms with van der Waals surface area (Å²) in [6, 6.07) is 0. The van der Waals surface area contributed by atoms with Crippen LogP contribution in [0.4, 0.5) is 0 Å². The van der Waals surface area contributed by atoms with Crippen molar-refractivity contribution in [1.29, 1.82) is 0 Å². The maximum Gasteiger partial charge on any atom is 0.0905 e. The van der Waals surface area contributed by atoms with Gasteiger partial charge in [0, 0.05) is 0 Å². The van der Waals surface area contributed by atoms with E-state index in [0.717, 1.165) is 17.8 Å². The number of halogens is 1. The van der Waals surface area contributed by atoms with Crippen LogP contribution in [0.3, 0.4) is 0 Å². The van der Waals surface area contributed by atoms with Gasteiger partial charge in [-0.1, -0.05) is 0 Å². The van der Waals surface area contributed by atoms with E-state index in [2.05, 4.69) is 0 Å². The van der Waals surface area contributed by atoms with Crippen molar-refractivity contribution < 1.29 is 4.29 Å². The van der Waals surface area contributed by atoms with Gasteiger partial charge in [0.25, 0.3) is 0 Å². The van der Waals surface area contributed by atoms with Gasteiger partial charge in [-0.15, -0.1) is 0 Å². The van der Waals surface area contributed by atoms with Crippen molar-refractivity contribution in [1.82, 2.24) is 0 Å². The molecule has 12 heavy (non-hydrogen) atoms. The fourth-order valence-corrected chi connectivity index (χ4v) is 4.31. The molecule has 0 radical (unpaired) electrons. The molecule has 4 aliphatic carbocycles. The molecule has 0 aliphatic heterocycles. The molecule has 0 amide bonds. The van der Waals surface area contributed by atoms with E-state index in [0.29, 0.717) is 0 Å². The highest BCUT2D eigenvalue weighted by Gasteiger charge is 2.51. The number of hydrogen-bond acceptors (Lipinski definition) is 1. The Balaban J connectivity index is 1.90. The Kier molecular flexibility index (Phi) is 1.52. The van der Waals surface area contributed by atoms with Crippen LogP contribution in [0, 0.1) is 17.8 Å². The fraction of sp³-hybridized carbons (Fsp3) is 1.00. The lowest BCUT2D eigenvalue weighted by Gasteiger charge is -2.54. The molecule has 0 N–H and O–H groups in total. The molecule has 0 aromatic heterocycles. The maximum atomic E-state index is 5.62. The van der Waals surface area contributed by atoms with Crippen molar-refractivity contribution in [2.75, 3.05) is 0 Å². The first kappa shape index (κ1) is 7.64. The van der Waals surface area contributed by atoms with E-state index in [-0.39, 0.29) is 5.60 Å². The molecule has 4 fully saturated rings. The minimum Gasteiger partial charge on any atom is -0.273 e. The Morgan fingerprint density at radius 2 is 1.33 bits per heavy atom. The molecule has 4 rings (SSSR count). The first-order chi connectivity index (χ1) is 5.80. The summed E-state index contributed by atoms with van der Waals surface area (Å²) in [6.07, 6.45) is 8.09. The Hall–Kier alpha value is 0.250. The second kappa shape index (κ2) is 2.39. The van der Waals surface area contributed by atoms with Crippen molar-refractivity contribution in [2.24, 2.45) is 17.8 Å². The largest absolute Gasteiger partial charge is 0.273 e. The number of hydrogen-bond donors (Lipinski definition) is 0. The highest BCUT2D eigenvalue weighted by Crippen LogP contribution is 2.57. The van der Waals surface area contributed by atoms with Crippen molar-refractivity contribution in [2.45, 2.75) is 44.1 Å². The third-order valence-electron chi connectivity index (χ3n) is 4.15. The Morgan fingerprint density at radius 1 is 0.917 bits per heavy atom. The molecule has 2 heteroatoms. The lowest BCUT2D eigenvalue weighted by molar-refractivity contribution is -0.104. The molecule has 4 aliphatic rings. The number of rotatable bonds is 1. The smallest absolute Gasteiger partial charge is 0.0905 e. The van der Waals surface area contributed by atoms with Crippen LogP contribution in [-0.2, 0) is 4.29 Å². The molecule has 0 unspecified atom stereocenters. The Labute approximate surface area is 78.6 Å². The van der Waals surface area contributed by atoms with Crippen LogP contribution in [0.2, 0.25) is 0 Å². The Morgan fingerprint density at radius 3 is 1.67 bits per heavy atom. The van der Waals surface area contributed by atoms with Gasteiger partial charge in [-0.05, 0) is 56.3 Å². The molecule has 0 spiro atoms. The van der Waals surface area contributed by atoms with Gasteiger partial charge in [-0.25, -0.2) is 0 Å². The summed E-state index contributed by atoms with van der Waals surface area (Å²) in [6.45, 7) is 0. The average molecular weight is 187 g/mol. The summed E-state index contributed by atoms with van der Waals surface area (Å²) in [7, 11) is 0. The summed E-state index contributed by atoms with van der Waals surface area (Å²) in [5, 5.41) is 0. The van der Waals surface area contributed by atoms with Crippen LogP contribution in [-0.4, -0.2) is 5.60 Å². The third kappa shape index (κ3) is 0.958. The highest BCUT2D eigenvalue weighted by atomic mass is 35.5. The van der Waals surface area contributed by atoms with E-state index in [1.807, 2.05) is 0 Å². The summed E-state index contributed by atoms with van der Waals surface area (Å²) in [5.74, 6) is 2.82. The van der Waals surface area contributed by atoms with Gasteiger partial charge >= 0.3 is 0 Å². The van der Waals surface area contributed by atoms with Crippen molar-refractivity contribution in [3.05, 3.63) is 0 Å². The van der Waals surface area contributed by atoms with Gasteiger partial charge in [0.2, 0.25) is 0 Å². The van der Waals surface area contributed by atoms with Crippen LogP contribution in [0.1, 0.15) is 38.5 Å². The fourth-order valence-electron chi connectivity index (χ4n) is 4.13. The summed E-state index contributed by atoms with van der Waals surface area (Å²) < 4.78 is 5.22. The zero-order valence-corrected chi connectivity index (χ0v) is 8.02. The average Bonchev–Trinajstić information content (AvgIpc) is 2.02. The third-order valence-corrected chi connectivity index (χ3v) is 4.47. The van der Waals surface area contributed by atoms with Crippen LogP contribution < -0.4 is 0 Å². The molecule has 4 bridgehead atoms. The van der Waals surface area contributed by atoms with Crippen LogP contribution in [0.5, 0.6) is 0 Å².